The van der Waals surface area contributed by atoms with Crippen LogP contribution in [0.4, 0.5) is 0 Å². The number of halogens is 2. The summed E-state index contributed by atoms with van der Waals surface area (Å²) in [6.07, 6.45) is 6.55. The molecule has 0 bridgehead atoms. The average molecular weight is 569 g/mol. The summed E-state index contributed by atoms with van der Waals surface area (Å²) in [6, 6.07) is 7.19. The normalized spacial score (nSPS) is 14.3. The molecule has 1 aliphatic heterocycles. The number of nitrogens with zero attached hydrogens (tertiary/aromatic N) is 6. The maximum Gasteiger partial charge on any atom is 0.273 e. The quantitative estimate of drug-likeness (QED) is 0.232. The van der Waals surface area contributed by atoms with E-state index in [0.717, 1.165) is 29.1 Å². The van der Waals surface area contributed by atoms with Crippen molar-refractivity contribution in [2.45, 2.75) is 18.8 Å². The van der Waals surface area contributed by atoms with E-state index >= 15 is 0 Å². The molecule has 5 aromatic rings. The Bertz CT molecular complexity index is 1560. The van der Waals surface area contributed by atoms with Crippen LogP contribution < -0.4 is 0 Å². The van der Waals surface area contributed by atoms with Gasteiger partial charge in [0, 0.05) is 53.8 Å². The summed E-state index contributed by atoms with van der Waals surface area (Å²) in [6.45, 7) is 1.31. The van der Waals surface area contributed by atoms with Crippen molar-refractivity contribution >= 4 is 51.8 Å². The minimum absolute atomic E-state index is 0.0545. The molecule has 1 saturated heterocycles. The van der Waals surface area contributed by atoms with Crippen molar-refractivity contribution in [2.24, 2.45) is 0 Å². The van der Waals surface area contributed by atoms with Gasteiger partial charge in [0.1, 0.15) is 27.8 Å². The van der Waals surface area contributed by atoms with Crippen LogP contribution in [0.2, 0.25) is 10.0 Å². The van der Waals surface area contributed by atoms with Crippen molar-refractivity contribution < 1.29 is 9.32 Å². The van der Waals surface area contributed by atoms with Crippen molar-refractivity contribution in [3.05, 3.63) is 74.4 Å². The van der Waals surface area contributed by atoms with E-state index in [1.54, 1.807) is 47.4 Å². The first-order valence-electron chi connectivity index (χ1n) is 11.4. The highest BCUT2D eigenvalue weighted by atomic mass is 35.5. The van der Waals surface area contributed by atoms with Crippen molar-refractivity contribution in [1.82, 2.24) is 30.0 Å². The first-order chi connectivity index (χ1) is 18.0. The van der Waals surface area contributed by atoms with E-state index in [4.69, 9.17) is 32.7 Å². The Kier molecular flexibility index (Phi) is 6.72. The van der Waals surface area contributed by atoms with Gasteiger partial charge in [-0.1, -0.05) is 34.4 Å². The molecule has 0 atom stereocenters. The van der Waals surface area contributed by atoms with Gasteiger partial charge < -0.3 is 9.42 Å². The van der Waals surface area contributed by atoms with E-state index in [1.807, 2.05) is 22.4 Å². The number of benzene rings is 1. The smallest absolute Gasteiger partial charge is 0.273 e. The van der Waals surface area contributed by atoms with Gasteiger partial charge in [-0.15, -0.1) is 22.7 Å². The predicted octanol–water partition coefficient (Wildman–Crippen LogP) is 6.71. The number of rotatable bonds is 5. The zero-order chi connectivity index (χ0) is 25.4. The zero-order valence-electron chi connectivity index (χ0n) is 19.2. The van der Waals surface area contributed by atoms with E-state index in [1.165, 1.54) is 11.3 Å². The third kappa shape index (κ3) is 5.02. The van der Waals surface area contributed by atoms with Crippen LogP contribution in [0.25, 0.3) is 33.4 Å². The number of thiazole rings is 2. The number of carbonyl (C=O) groups excluding carboxylic acids is 1. The minimum Gasteiger partial charge on any atom is -0.354 e. The van der Waals surface area contributed by atoms with Crippen LogP contribution in [0, 0.1) is 0 Å². The van der Waals surface area contributed by atoms with Crippen LogP contribution in [0.5, 0.6) is 0 Å². The van der Waals surface area contributed by atoms with Gasteiger partial charge in [0.2, 0.25) is 0 Å². The van der Waals surface area contributed by atoms with Gasteiger partial charge in [0.15, 0.2) is 5.76 Å². The minimum atomic E-state index is -0.0545. The van der Waals surface area contributed by atoms with Gasteiger partial charge >= 0.3 is 0 Å². The molecular weight excluding hydrogens is 551 g/mol. The van der Waals surface area contributed by atoms with Crippen LogP contribution in [0.3, 0.4) is 0 Å². The average Bonchev–Trinajstić information content (AvgIpc) is 3.71. The van der Waals surface area contributed by atoms with Crippen LogP contribution in [0.15, 0.2) is 58.1 Å². The number of amides is 1. The van der Waals surface area contributed by atoms with Gasteiger partial charge in [-0.05, 0) is 25.0 Å². The monoisotopic (exact) mass is 568 g/mol. The summed E-state index contributed by atoms with van der Waals surface area (Å²) in [4.78, 5) is 32.5. The Hall–Kier alpha value is -3.18. The summed E-state index contributed by atoms with van der Waals surface area (Å²) in [7, 11) is 0. The molecule has 4 aromatic heterocycles. The first-order valence-corrected chi connectivity index (χ1v) is 14.0. The molecule has 186 valence electrons. The Morgan fingerprint density at radius 1 is 0.973 bits per heavy atom. The number of carbonyl (C=O) groups is 1. The predicted molar refractivity (Wildman–Crippen MR) is 144 cm³/mol. The number of hydrogen-bond donors (Lipinski definition) is 0. The topological polar surface area (TPSA) is 97.9 Å². The second kappa shape index (κ2) is 10.3. The zero-order valence-corrected chi connectivity index (χ0v) is 22.3. The van der Waals surface area contributed by atoms with Gasteiger partial charge in [-0.25, -0.2) is 9.97 Å². The molecule has 1 fully saturated rings. The molecule has 1 amide bonds. The van der Waals surface area contributed by atoms with Crippen LogP contribution >= 0.6 is 45.9 Å². The van der Waals surface area contributed by atoms with E-state index in [0.29, 0.717) is 51.0 Å². The number of likely N-dealkylation sites (tertiary alicyclic amines) is 1. The molecule has 37 heavy (non-hydrogen) atoms. The molecule has 12 heteroatoms. The molecule has 1 aromatic carbocycles. The molecule has 5 heterocycles. The summed E-state index contributed by atoms with van der Waals surface area (Å²) in [5.41, 5.74) is 3.35. The van der Waals surface area contributed by atoms with Crippen molar-refractivity contribution in [1.29, 1.82) is 0 Å². The van der Waals surface area contributed by atoms with E-state index < -0.39 is 0 Å². The molecule has 0 radical (unpaired) electrons. The third-order valence-electron chi connectivity index (χ3n) is 6.14. The summed E-state index contributed by atoms with van der Waals surface area (Å²) in [5.74, 6) is 0.825. The molecule has 6 rings (SSSR count). The highest BCUT2D eigenvalue weighted by molar-refractivity contribution is 7.13. The van der Waals surface area contributed by atoms with Gasteiger partial charge in [-0.3, -0.25) is 14.8 Å². The molecule has 8 nitrogen and oxygen atoms in total. The van der Waals surface area contributed by atoms with Crippen LogP contribution in [-0.4, -0.2) is 49.0 Å². The van der Waals surface area contributed by atoms with Crippen LogP contribution in [-0.2, 0) is 0 Å². The van der Waals surface area contributed by atoms with E-state index in [-0.39, 0.29) is 11.8 Å². The fourth-order valence-electron chi connectivity index (χ4n) is 4.17. The fourth-order valence-corrected chi connectivity index (χ4v) is 6.20. The summed E-state index contributed by atoms with van der Waals surface area (Å²) < 4.78 is 5.56. The number of piperidine rings is 1. The molecule has 0 unspecified atom stereocenters. The first kappa shape index (κ1) is 24.2. The molecule has 1 aliphatic rings. The largest absolute Gasteiger partial charge is 0.354 e. The van der Waals surface area contributed by atoms with Gasteiger partial charge in [-0.2, -0.15) is 0 Å². The van der Waals surface area contributed by atoms with E-state index in [2.05, 4.69) is 20.1 Å². The molecule has 0 N–H and O–H groups in total. The second-order valence-corrected chi connectivity index (χ2v) is 11.0. The Labute approximate surface area is 229 Å². The number of hydrogen-bond acceptors (Lipinski definition) is 9. The number of aromatic nitrogens is 5. The van der Waals surface area contributed by atoms with Crippen molar-refractivity contribution in [2.75, 3.05) is 13.1 Å². The molecule has 0 aliphatic carbocycles. The van der Waals surface area contributed by atoms with E-state index in [9.17, 15) is 4.79 Å². The lowest BCUT2D eigenvalue weighted by Crippen LogP contribution is -2.38. The maximum absolute atomic E-state index is 13.0. The Balaban J connectivity index is 1.09. The fraction of sp³-hybridized carbons (Fsp3) is 0.200. The highest BCUT2D eigenvalue weighted by Crippen LogP contribution is 2.35. The van der Waals surface area contributed by atoms with Crippen molar-refractivity contribution in [3.63, 3.8) is 0 Å². The van der Waals surface area contributed by atoms with Gasteiger partial charge in [0.25, 0.3) is 5.91 Å². The molecule has 0 spiro atoms. The Morgan fingerprint density at radius 3 is 2.62 bits per heavy atom. The molecular formula is C25H18Cl2N6O2S2. The maximum atomic E-state index is 13.0. The lowest BCUT2D eigenvalue weighted by molar-refractivity contribution is 0.0708. The van der Waals surface area contributed by atoms with Crippen molar-refractivity contribution in [3.8, 4) is 33.4 Å². The SMILES string of the molecule is O=C(c1csc(-c2cnccn2)n1)N1CCC(c2nc(-c3cc(-c4ccc(Cl)c(Cl)c4)no3)cs2)CC1. The second-order valence-electron chi connectivity index (χ2n) is 8.47. The molecule has 0 saturated carbocycles. The Morgan fingerprint density at radius 2 is 1.84 bits per heavy atom. The van der Waals surface area contributed by atoms with Crippen LogP contribution in [0.1, 0.15) is 34.3 Å². The summed E-state index contributed by atoms with van der Waals surface area (Å²) in [5, 5.41) is 10.6. The lowest BCUT2D eigenvalue weighted by atomic mass is 9.97. The standard InChI is InChI=1S/C25H18Cl2N6O2S2/c26-16-2-1-15(9-17(16)27)18-10-22(35-32-18)20-12-36-23(30-20)14-3-7-33(8-4-14)25(34)21-13-37-24(31-21)19-11-28-5-6-29-19/h1-2,5-6,9-14H,3-4,7-8H2. The summed E-state index contributed by atoms with van der Waals surface area (Å²) >= 11 is 15.2. The highest BCUT2D eigenvalue weighted by Gasteiger charge is 2.28. The third-order valence-corrected chi connectivity index (χ3v) is 8.75. The lowest BCUT2D eigenvalue weighted by Gasteiger charge is -2.30. The van der Waals surface area contributed by atoms with Gasteiger partial charge in [0.05, 0.1) is 21.2 Å².